The molecule has 0 atom stereocenters. The predicted molar refractivity (Wildman–Crippen MR) is 36.9 cm³/mol. The van der Waals surface area contributed by atoms with Gasteiger partial charge in [-0.2, -0.15) is 0 Å². The minimum atomic E-state index is 0.625. The Morgan fingerprint density at radius 2 is 2.12 bits per heavy atom. The van der Waals surface area contributed by atoms with Crippen LogP contribution < -0.4 is 0 Å². The average molecular weight is 146 g/mol. The van der Waals surface area contributed by atoms with Crippen LogP contribution in [0.15, 0.2) is 4.42 Å². The summed E-state index contributed by atoms with van der Waals surface area (Å²) in [5, 5.41) is 0. The summed E-state index contributed by atoms with van der Waals surface area (Å²) in [5.41, 5.74) is 0. The van der Waals surface area contributed by atoms with Crippen molar-refractivity contribution in [2.45, 2.75) is 13.8 Å². The molecule has 0 fully saturated rings. The van der Waals surface area contributed by atoms with E-state index < -0.39 is 0 Å². The molecule has 1 nitrogen and oxygen atoms in total. The van der Waals surface area contributed by atoms with Crippen LogP contribution in [0.5, 0.6) is 0 Å². The highest BCUT2D eigenvalue weighted by molar-refractivity contribution is 7.73. The molecule has 0 unspecified atom stereocenters. The largest absolute Gasteiger partial charge is 0.440 e. The highest BCUT2D eigenvalue weighted by Gasteiger charge is 1.94. The normalized spacial score (nSPS) is 9.75. The van der Waals surface area contributed by atoms with E-state index in [4.69, 9.17) is 16.6 Å². The standard InChI is InChI=1S/C5H6OS2/c1-3-4(2)8-5(7)6-3/h1-2H3. The summed E-state index contributed by atoms with van der Waals surface area (Å²) in [7, 11) is 0. The van der Waals surface area contributed by atoms with Crippen LogP contribution >= 0.6 is 23.6 Å². The molecule has 0 aliphatic carbocycles. The molecule has 1 aromatic rings. The van der Waals surface area contributed by atoms with Gasteiger partial charge in [0.25, 0.3) is 0 Å². The first-order valence-corrected chi connectivity index (χ1v) is 3.50. The monoisotopic (exact) mass is 146 g/mol. The van der Waals surface area contributed by atoms with Gasteiger partial charge in [0.1, 0.15) is 5.76 Å². The molecule has 1 aromatic heterocycles. The summed E-state index contributed by atoms with van der Waals surface area (Å²) in [6.07, 6.45) is 0. The Balaban J connectivity index is 3.35. The van der Waals surface area contributed by atoms with E-state index in [-0.39, 0.29) is 0 Å². The molecule has 0 bridgehead atoms. The lowest BCUT2D eigenvalue weighted by molar-refractivity contribution is 0.522. The Morgan fingerprint density at radius 3 is 2.25 bits per heavy atom. The van der Waals surface area contributed by atoms with Crippen LogP contribution in [0.3, 0.4) is 0 Å². The van der Waals surface area contributed by atoms with Gasteiger partial charge >= 0.3 is 0 Å². The molecule has 1 rings (SSSR count). The van der Waals surface area contributed by atoms with Gasteiger partial charge in [0.05, 0.1) is 0 Å². The molecule has 0 aliphatic rings. The topological polar surface area (TPSA) is 13.1 Å². The maximum atomic E-state index is 5.05. The molecule has 1 heterocycles. The van der Waals surface area contributed by atoms with Crippen molar-refractivity contribution in [3.8, 4) is 0 Å². The van der Waals surface area contributed by atoms with E-state index in [0.717, 1.165) is 5.76 Å². The van der Waals surface area contributed by atoms with E-state index in [1.165, 1.54) is 16.2 Å². The van der Waals surface area contributed by atoms with Crippen LogP contribution in [-0.2, 0) is 0 Å². The van der Waals surface area contributed by atoms with Crippen LogP contribution in [0.4, 0.5) is 0 Å². The summed E-state index contributed by atoms with van der Waals surface area (Å²) in [6.45, 7) is 3.92. The van der Waals surface area contributed by atoms with Gasteiger partial charge < -0.3 is 4.42 Å². The van der Waals surface area contributed by atoms with E-state index in [1.807, 2.05) is 13.8 Å². The van der Waals surface area contributed by atoms with Crippen LogP contribution in [0.25, 0.3) is 0 Å². The van der Waals surface area contributed by atoms with Crippen molar-refractivity contribution < 1.29 is 4.42 Å². The number of rotatable bonds is 0. The third kappa shape index (κ3) is 0.980. The first-order chi connectivity index (χ1) is 3.70. The highest BCUT2D eigenvalue weighted by atomic mass is 32.1. The van der Waals surface area contributed by atoms with Crippen molar-refractivity contribution in [3.05, 3.63) is 14.7 Å². The SMILES string of the molecule is Cc1oc(=S)sc1C. The van der Waals surface area contributed by atoms with Gasteiger partial charge in [-0.1, -0.05) is 11.3 Å². The van der Waals surface area contributed by atoms with Crippen LogP contribution in [0.2, 0.25) is 0 Å². The maximum absolute atomic E-state index is 5.05. The second kappa shape index (κ2) is 1.99. The summed E-state index contributed by atoms with van der Waals surface area (Å²) in [6, 6.07) is 0. The first-order valence-electron chi connectivity index (χ1n) is 2.27. The van der Waals surface area contributed by atoms with E-state index >= 15 is 0 Å². The zero-order valence-corrected chi connectivity index (χ0v) is 6.36. The lowest BCUT2D eigenvalue weighted by atomic mass is 10.5. The summed E-state index contributed by atoms with van der Waals surface area (Å²) in [4.78, 5) is 1.18. The molecule has 0 saturated carbocycles. The Hall–Kier alpha value is -0.150. The quantitative estimate of drug-likeness (QED) is 0.522. The molecule has 0 aliphatic heterocycles. The summed E-state index contributed by atoms with van der Waals surface area (Å²) >= 11 is 6.29. The number of hydrogen-bond acceptors (Lipinski definition) is 3. The molecule has 3 heteroatoms. The van der Waals surface area contributed by atoms with Crippen LogP contribution in [-0.4, -0.2) is 0 Å². The van der Waals surface area contributed by atoms with Crippen molar-refractivity contribution in [1.82, 2.24) is 0 Å². The Bertz CT molecular complexity index is 210. The molecule has 8 heavy (non-hydrogen) atoms. The van der Waals surface area contributed by atoms with Crippen LogP contribution in [0.1, 0.15) is 10.6 Å². The fourth-order valence-electron chi connectivity index (χ4n) is 0.415. The minimum absolute atomic E-state index is 0.625. The van der Waals surface area contributed by atoms with Crippen molar-refractivity contribution in [2.75, 3.05) is 0 Å². The van der Waals surface area contributed by atoms with Gasteiger partial charge in [-0.15, -0.1) is 0 Å². The summed E-state index contributed by atoms with van der Waals surface area (Å²) < 4.78 is 5.67. The third-order valence-electron chi connectivity index (χ3n) is 0.969. The molecular weight excluding hydrogens is 140 g/mol. The van der Waals surface area contributed by atoms with Crippen molar-refractivity contribution in [2.24, 2.45) is 0 Å². The van der Waals surface area contributed by atoms with Gasteiger partial charge in [-0.25, -0.2) is 0 Å². The lowest BCUT2D eigenvalue weighted by Crippen LogP contribution is -1.61. The van der Waals surface area contributed by atoms with Gasteiger partial charge in [-0.3, -0.25) is 0 Å². The van der Waals surface area contributed by atoms with Crippen molar-refractivity contribution in [1.29, 1.82) is 0 Å². The Kier molecular flexibility index (Phi) is 1.49. The zero-order chi connectivity index (χ0) is 6.15. The molecule has 0 spiro atoms. The molecule has 44 valence electrons. The number of hydrogen-bond donors (Lipinski definition) is 0. The van der Waals surface area contributed by atoms with Gasteiger partial charge in [-0.05, 0) is 26.1 Å². The second-order valence-corrected chi connectivity index (χ2v) is 3.38. The predicted octanol–water partition coefficient (Wildman–Crippen LogP) is 2.69. The smallest absolute Gasteiger partial charge is 0.247 e. The fraction of sp³-hybridized carbons (Fsp3) is 0.400. The molecule has 0 saturated heterocycles. The third-order valence-corrected chi connectivity index (χ3v) is 2.15. The van der Waals surface area contributed by atoms with E-state index in [9.17, 15) is 0 Å². The average Bonchev–Trinajstić information content (AvgIpc) is 1.85. The summed E-state index contributed by atoms with van der Waals surface area (Å²) in [5.74, 6) is 0.944. The Labute approximate surface area is 57.0 Å². The van der Waals surface area contributed by atoms with E-state index in [2.05, 4.69) is 0 Å². The molecule has 0 radical (unpaired) electrons. The number of aryl methyl sites for hydroxylation is 2. The lowest BCUT2D eigenvalue weighted by Gasteiger charge is -1.77. The fourth-order valence-corrected chi connectivity index (χ4v) is 1.52. The minimum Gasteiger partial charge on any atom is -0.440 e. The van der Waals surface area contributed by atoms with Crippen molar-refractivity contribution in [3.63, 3.8) is 0 Å². The molecule has 0 N–H and O–H groups in total. The van der Waals surface area contributed by atoms with Crippen LogP contribution in [0, 0.1) is 17.9 Å². The van der Waals surface area contributed by atoms with E-state index in [0.29, 0.717) is 4.02 Å². The van der Waals surface area contributed by atoms with Crippen molar-refractivity contribution >= 4 is 23.6 Å². The Morgan fingerprint density at radius 1 is 1.50 bits per heavy atom. The molecular formula is C5H6OS2. The molecule has 0 amide bonds. The second-order valence-electron chi connectivity index (χ2n) is 1.57. The molecule has 0 aromatic carbocycles. The van der Waals surface area contributed by atoms with Gasteiger partial charge in [0, 0.05) is 4.88 Å². The maximum Gasteiger partial charge on any atom is 0.247 e. The first kappa shape index (κ1) is 5.98. The van der Waals surface area contributed by atoms with E-state index in [1.54, 1.807) is 0 Å². The zero-order valence-electron chi connectivity index (χ0n) is 4.72. The highest BCUT2D eigenvalue weighted by Crippen LogP contribution is 2.15. The van der Waals surface area contributed by atoms with Gasteiger partial charge in [0.15, 0.2) is 0 Å². The van der Waals surface area contributed by atoms with Gasteiger partial charge in [0.2, 0.25) is 4.02 Å².